The minimum atomic E-state index is -0.616. The fraction of sp³-hybridized carbons (Fsp3) is 0.636. The minimum Gasteiger partial charge on any atom is -0.368 e. The van der Waals surface area contributed by atoms with E-state index >= 15 is 0 Å². The number of hydrogen-bond donors (Lipinski definition) is 2. The molecule has 0 spiro atoms. The Morgan fingerprint density at radius 2 is 2.41 bits per heavy atom. The second kappa shape index (κ2) is 6.34. The molecule has 1 heterocycles. The maximum Gasteiger partial charge on any atom is 0.237 e. The standard InChI is InChI=1S/C11H19IN4O/c1-3-14-11(2,10(13)17)5-4-6-16-8-9(12)7-15-16/h7-8,14H,3-6H2,1-2H3,(H2,13,17). The molecule has 0 fully saturated rings. The van der Waals surface area contributed by atoms with Gasteiger partial charge >= 0.3 is 0 Å². The van der Waals surface area contributed by atoms with Crippen molar-refractivity contribution in [3.63, 3.8) is 0 Å². The average Bonchev–Trinajstić information content (AvgIpc) is 2.64. The van der Waals surface area contributed by atoms with E-state index in [9.17, 15) is 4.79 Å². The molecule has 5 nitrogen and oxygen atoms in total. The number of rotatable bonds is 7. The number of nitrogens with zero attached hydrogens (tertiary/aromatic N) is 2. The van der Waals surface area contributed by atoms with Crippen LogP contribution in [0.25, 0.3) is 0 Å². The number of carbonyl (C=O) groups is 1. The topological polar surface area (TPSA) is 72.9 Å². The Hall–Kier alpha value is -0.630. The van der Waals surface area contributed by atoms with Crippen LogP contribution in [0.4, 0.5) is 0 Å². The molecule has 3 N–H and O–H groups in total. The SMILES string of the molecule is CCNC(C)(CCCn1cc(I)cn1)C(N)=O. The lowest BCUT2D eigenvalue weighted by molar-refractivity contribution is -0.124. The third kappa shape index (κ3) is 4.27. The van der Waals surface area contributed by atoms with Gasteiger partial charge < -0.3 is 11.1 Å². The second-order valence-corrected chi connectivity index (χ2v) is 5.50. The first-order valence-corrected chi connectivity index (χ1v) is 6.78. The summed E-state index contributed by atoms with van der Waals surface area (Å²) in [6.07, 6.45) is 5.38. The number of aryl methyl sites for hydroxylation is 1. The number of aromatic nitrogens is 2. The zero-order valence-corrected chi connectivity index (χ0v) is 12.4. The molecule has 6 heteroatoms. The summed E-state index contributed by atoms with van der Waals surface area (Å²) in [5.74, 6) is -0.297. The first kappa shape index (κ1) is 14.4. The quantitative estimate of drug-likeness (QED) is 0.724. The van der Waals surface area contributed by atoms with Crippen molar-refractivity contribution >= 4 is 28.5 Å². The van der Waals surface area contributed by atoms with Gasteiger partial charge in [0.25, 0.3) is 0 Å². The first-order chi connectivity index (χ1) is 7.98. The Kier molecular flexibility index (Phi) is 5.38. The van der Waals surface area contributed by atoms with E-state index < -0.39 is 5.54 Å². The number of carbonyl (C=O) groups excluding carboxylic acids is 1. The molecular formula is C11H19IN4O. The molecule has 0 aliphatic rings. The zero-order valence-electron chi connectivity index (χ0n) is 10.2. The molecule has 0 aromatic carbocycles. The Morgan fingerprint density at radius 1 is 1.71 bits per heavy atom. The van der Waals surface area contributed by atoms with Crippen LogP contribution in [0.15, 0.2) is 12.4 Å². The first-order valence-electron chi connectivity index (χ1n) is 5.71. The van der Waals surface area contributed by atoms with E-state index in [1.54, 1.807) is 0 Å². The highest BCUT2D eigenvalue weighted by molar-refractivity contribution is 14.1. The summed E-state index contributed by atoms with van der Waals surface area (Å²) in [4.78, 5) is 11.4. The molecule has 1 aromatic heterocycles. The van der Waals surface area contributed by atoms with E-state index in [0.29, 0.717) is 6.42 Å². The van der Waals surface area contributed by atoms with Gasteiger partial charge in [0.15, 0.2) is 0 Å². The van der Waals surface area contributed by atoms with Gasteiger partial charge in [-0.25, -0.2) is 0 Å². The zero-order chi connectivity index (χ0) is 12.9. The van der Waals surface area contributed by atoms with Crippen molar-refractivity contribution in [2.24, 2.45) is 5.73 Å². The third-order valence-electron chi connectivity index (χ3n) is 2.78. The maximum atomic E-state index is 11.4. The van der Waals surface area contributed by atoms with E-state index in [0.717, 1.165) is 23.1 Å². The van der Waals surface area contributed by atoms with Gasteiger partial charge in [0.2, 0.25) is 5.91 Å². The minimum absolute atomic E-state index is 0.297. The number of halogens is 1. The van der Waals surface area contributed by atoms with Crippen LogP contribution in [0.3, 0.4) is 0 Å². The molecule has 0 aliphatic heterocycles. The number of nitrogens with two attached hydrogens (primary N) is 1. The van der Waals surface area contributed by atoms with Crippen LogP contribution >= 0.6 is 22.6 Å². The summed E-state index contributed by atoms with van der Waals surface area (Å²) in [5.41, 5.74) is 4.80. The molecule has 1 atom stereocenters. The molecule has 1 amide bonds. The normalized spacial score (nSPS) is 14.5. The van der Waals surface area contributed by atoms with Gasteiger partial charge in [0.05, 0.1) is 15.3 Å². The summed E-state index contributed by atoms with van der Waals surface area (Å²) in [6, 6.07) is 0. The molecule has 1 aromatic rings. The highest BCUT2D eigenvalue weighted by Crippen LogP contribution is 2.13. The van der Waals surface area contributed by atoms with Crippen molar-refractivity contribution in [1.82, 2.24) is 15.1 Å². The van der Waals surface area contributed by atoms with Crippen molar-refractivity contribution in [1.29, 1.82) is 0 Å². The Morgan fingerprint density at radius 3 is 2.88 bits per heavy atom. The number of nitrogens with one attached hydrogen (secondary N) is 1. The fourth-order valence-corrected chi connectivity index (χ4v) is 2.19. The molecular weight excluding hydrogens is 331 g/mol. The van der Waals surface area contributed by atoms with Gasteiger partial charge in [-0.2, -0.15) is 5.10 Å². The molecule has 1 unspecified atom stereocenters. The van der Waals surface area contributed by atoms with Crippen LogP contribution in [-0.2, 0) is 11.3 Å². The van der Waals surface area contributed by atoms with Gasteiger partial charge in [-0.15, -0.1) is 0 Å². The van der Waals surface area contributed by atoms with Crippen LogP contribution in [0, 0.1) is 3.57 Å². The number of likely N-dealkylation sites (N-methyl/N-ethyl adjacent to an activating group) is 1. The molecule has 17 heavy (non-hydrogen) atoms. The van der Waals surface area contributed by atoms with Gasteiger partial charge in [-0.3, -0.25) is 9.48 Å². The molecule has 0 bridgehead atoms. The maximum absolute atomic E-state index is 11.4. The van der Waals surface area contributed by atoms with Gasteiger partial charge in [-0.1, -0.05) is 6.92 Å². The summed E-state index contributed by atoms with van der Waals surface area (Å²) < 4.78 is 3.00. The Balaban J connectivity index is 2.45. The molecule has 0 radical (unpaired) electrons. The lowest BCUT2D eigenvalue weighted by atomic mass is 9.95. The van der Waals surface area contributed by atoms with Gasteiger partial charge in [0, 0.05) is 12.7 Å². The monoisotopic (exact) mass is 350 g/mol. The predicted octanol–water partition coefficient (Wildman–Crippen LogP) is 1.12. The second-order valence-electron chi connectivity index (χ2n) is 4.25. The van der Waals surface area contributed by atoms with Crippen LogP contribution in [0.5, 0.6) is 0 Å². The summed E-state index contributed by atoms with van der Waals surface area (Å²) in [6.45, 7) is 5.36. The van der Waals surface area contributed by atoms with Gasteiger partial charge in [-0.05, 0) is 48.9 Å². The smallest absolute Gasteiger partial charge is 0.237 e. The summed E-state index contributed by atoms with van der Waals surface area (Å²) in [7, 11) is 0. The van der Waals surface area contributed by atoms with E-state index in [-0.39, 0.29) is 5.91 Å². The summed E-state index contributed by atoms with van der Waals surface area (Å²) >= 11 is 2.22. The largest absolute Gasteiger partial charge is 0.368 e. The number of hydrogen-bond acceptors (Lipinski definition) is 3. The van der Waals surface area contributed by atoms with Crippen LogP contribution in [-0.4, -0.2) is 27.8 Å². The van der Waals surface area contributed by atoms with E-state index in [1.807, 2.05) is 30.9 Å². The van der Waals surface area contributed by atoms with Crippen molar-refractivity contribution in [3.05, 3.63) is 16.0 Å². The molecule has 0 saturated carbocycles. The highest BCUT2D eigenvalue weighted by atomic mass is 127. The van der Waals surface area contributed by atoms with Crippen molar-refractivity contribution in [2.75, 3.05) is 6.54 Å². The summed E-state index contributed by atoms with van der Waals surface area (Å²) in [5, 5.41) is 7.34. The number of amides is 1. The third-order valence-corrected chi connectivity index (χ3v) is 3.33. The fourth-order valence-electron chi connectivity index (χ4n) is 1.74. The predicted molar refractivity (Wildman–Crippen MR) is 75.5 cm³/mol. The van der Waals surface area contributed by atoms with E-state index in [4.69, 9.17) is 5.73 Å². The molecule has 0 saturated heterocycles. The Labute approximate surface area is 115 Å². The van der Waals surface area contributed by atoms with Crippen molar-refractivity contribution < 1.29 is 4.79 Å². The van der Waals surface area contributed by atoms with Crippen LogP contribution in [0.1, 0.15) is 26.7 Å². The molecule has 0 aliphatic carbocycles. The van der Waals surface area contributed by atoms with Gasteiger partial charge in [0.1, 0.15) is 0 Å². The van der Waals surface area contributed by atoms with Crippen molar-refractivity contribution in [2.45, 2.75) is 38.8 Å². The Bertz CT molecular complexity index is 379. The molecule has 96 valence electrons. The van der Waals surface area contributed by atoms with E-state index in [2.05, 4.69) is 33.0 Å². The van der Waals surface area contributed by atoms with Crippen LogP contribution in [0.2, 0.25) is 0 Å². The lowest BCUT2D eigenvalue weighted by Gasteiger charge is -2.26. The van der Waals surface area contributed by atoms with E-state index in [1.165, 1.54) is 0 Å². The highest BCUT2D eigenvalue weighted by Gasteiger charge is 2.28. The lowest BCUT2D eigenvalue weighted by Crippen LogP contribution is -2.53. The van der Waals surface area contributed by atoms with Crippen LogP contribution < -0.4 is 11.1 Å². The average molecular weight is 350 g/mol. The number of primary amides is 1. The molecule has 1 rings (SSSR count). The van der Waals surface area contributed by atoms with Crippen molar-refractivity contribution in [3.8, 4) is 0 Å².